The van der Waals surface area contributed by atoms with Crippen molar-refractivity contribution in [2.45, 2.75) is 12.8 Å². The van der Waals surface area contributed by atoms with Gasteiger partial charge in [0.25, 0.3) is 0 Å². The van der Waals surface area contributed by atoms with Gasteiger partial charge in [-0.3, -0.25) is 9.78 Å². The van der Waals surface area contributed by atoms with Crippen LogP contribution in [0.3, 0.4) is 0 Å². The molecule has 0 radical (unpaired) electrons. The third-order valence-electron chi connectivity index (χ3n) is 2.43. The molecule has 0 aliphatic heterocycles. The summed E-state index contributed by atoms with van der Waals surface area (Å²) in [5.74, 6) is -1.25. The average Bonchev–Trinajstić information content (AvgIpc) is 2.34. The molecule has 6 heteroatoms. The van der Waals surface area contributed by atoms with E-state index in [0.717, 1.165) is 11.9 Å². The molecule has 0 aliphatic carbocycles. The molecule has 0 saturated heterocycles. The summed E-state index contributed by atoms with van der Waals surface area (Å²) in [6, 6.07) is 3.04. The lowest BCUT2D eigenvalue weighted by atomic mass is 10.2. The van der Waals surface area contributed by atoms with Crippen LogP contribution in [0.5, 0.6) is 0 Å². The predicted octanol–water partition coefficient (Wildman–Crippen LogP) is 2.05. The van der Waals surface area contributed by atoms with Gasteiger partial charge in [-0.1, -0.05) is 0 Å². The van der Waals surface area contributed by atoms with E-state index in [4.69, 9.17) is 5.11 Å². The number of carboxylic acid groups (broad SMARTS) is 1. The fraction of sp³-hybridized carbons (Fsp3) is 0.250. The zero-order chi connectivity index (χ0) is 13.0. The number of aromatic nitrogens is 2. The maximum absolute atomic E-state index is 13.0. The molecular weight excluding hydrogens is 237 g/mol. The van der Waals surface area contributed by atoms with Crippen LogP contribution >= 0.6 is 0 Å². The molecule has 94 valence electrons. The first-order valence-electron chi connectivity index (χ1n) is 5.53. The van der Waals surface area contributed by atoms with E-state index in [9.17, 15) is 9.18 Å². The molecule has 0 amide bonds. The van der Waals surface area contributed by atoms with Gasteiger partial charge in [0.2, 0.25) is 0 Å². The minimum Gasteiger partial charge on any atom is -0.481 e. The lowest BCUT2D eigenvalue weighted by Gasteiger charge is -2.07. The molecule has 0 aliphatic rings. The molecule has 0 aromatic carbocycles. The summed E-state index contributed by atoms with van der Waals surface area (Å²) in [5, 5.41) is 11.6. The summed E-state index contributed by atoms with van der Waals surface area (Å²) in [4.78, 5) is 18.4. The summed E-state index contributed by atoms with van der Waals surface area (Å²) in [6.45, 7) is 0.518. The average molecular weight is 249 g/mol. The smallest absolute Gasteiger partial charge is 0.303 e. The highest BCUT2D eigenvalue weighted by molar-refractivity contribution is 5.86. The van der Waals surface area contributed by atoms with E-state index in [1.54, 1.807) is 12.3 Å². The fourth-order valence-electron chi connectivity index (χ4n) is 1.61. The number of carboxylic acids is 1. The van der Waals surface area contributed by atoms with Crippen molar-refractivity contribution in [3.8, 4) is 0 Å². The Morgan fingerprint density at radius 2 is 2.28 bits per heavy atom. The second-order valence-corrected chi connectivity index (χ2v) is 3.80. The summed E-state index contributed by atoms with van der Waals surface area (Å²) in [5.41, 5.74) is 1.78. The van der Waals surface area contributed by atoms with Crippen LogP contribution in [-0.4, -0.2) is 27.6 Å². The first-order valence-corrected chi connectivity index (χ1v) is 5.53. The van der Waals surface area contributed by atoms with Crippen molar-refractivity contribution in [1.82, 2.24) is 9.97 Å². The van der Waals surface area contributed by atoms with Crippen LogP contribution in [0.15, 0.2) is 24.5 Å². The number of pyridine rings is 2. The maximum atomic E-state index is 13.0. The van der Waals surface area contributed by atoms with Crippen LogP contribution in [0.25, 0.3) is 11.0 Å². The number of rotatable bonds is 5. The highest BCUT2D eigenvalue weighted by Crippen LogP contribution is 2.19. The van der Waals surface area contributed by atoms with Gasteiger partial charge in [-0.2, -0.15) is 0 Å². The van der Waals surface area contributed by atoms with Gasteiger partial charge in [0.1, 0.15) is 11.3 Å². The topological polar surface area (TPSA) is 75.1 Å². The Balaban J connectivity index is 2.11. The van der Waals surface area contributed by atoms with Crippen molar-refractivity contribution in [3.05, 3.63) is 30.3 Å². The van der Waals surface area contributed by atoms with Crippen LogP contribution < -0.4 is 5.32 Å². The molecule has 2 heterocycles. The molecule has 0 fully saturated rings. The Kier molecular flexibility index (Phi) is 3.66. The van der Waals surface area contributed by atoms with Gasteiger partial charge in [0.15, 0.2) is 0 Å². The van der Waals surface area contributed by atoms with Gasteiger partial charge in [-0.25, -0.2) is 9.37 Å². The van der Waals surface area contributed by atoms with Crippen LogP contribution in [0, 0.1) is 5.82 Å². The van der Waals surface area contributed by atoms with Crippen molar-refractivity contribution < 1.29 is 14.3 Å². The molecule has 5 nitrogen and oxygen atoms in total. The zero-order valence-corrected chi connectivity index (χ0v) is 9.56. The lowest BCUT2D eigenvalue weighted by molar-refractivity contribution is -0.137. The van der Waals surface area contributed by atoms with Gasteiger partial charge in [0.05, 0.1) is 17.4 Å². The highest BCUT2D eigenvalue weighted by Gasteiger charge is 2.04. The predicted molar refractivity (Wildman–Crippen MR) is 64.9 cm³/mol. The van der Waals surface area contributed by atoms with Crippen molar-refractivity contribution in [2.24, 2.45) is 0 Å². The van der Waals surface area contributed by atoms with Gasteiger partial charge >= 0.3 is 5.97 Å². The van der Waals surface area contributed by atoms with Gasteiger partial charge in [-0.15, -0.1) is 0 Å². The quantitative estimate of drug-likeness (QED) is 0.793. The number of fused-ring (bicyclic) bond motifs is 1. The van der Waals surface area contributed by atoms with E-state index in [1.165, 1.54) is 6.07 Å². The van der Waals surface area contributed by atoms with E-state index in [0.29, 0.717) is 24.0 Å². The molecule has 0 spiro atoms. The van der Waals surface area contributed by atoms with Crippen molar-refractivity contribution >= 4 is 22.7 Å². The molecule has 2 rings (SSSR count). The number of hydrogen-bond acceptors (Lipinski definition) is 4. The summed E-state index contributed by atoms with van der Waals surface area (Å²) >= 11 is 0. The van der Waals surface area contributed by atoms with Crippen LogP contribution in [0.4, 0.5) is 10.1 Å². The van der Waals surface area contributed by atoms with E-state index in [2.05, 4.69) is 15.3 Å². The second-order valence-electron chi connectivity index (χ2n) is 3.80. The monoisotopic (exact) mass is 249 g/mol. The highest BCUT2D eigenvalue weighted by atomic mass is 19.1. The largest absolute Gasteiger partial charge is 0.481 e. The normalized spacial score (nSPS) is 10.5. The van der Waals surface area contributed by atoms with Crippen LogP contribution in [0.2, 0.25) is 0 Å². The van der Waals surface area contributed by atoms with Crippen molar-refractivity contribution in [2.75, 3.05) is 11.9 Å². The molecule has 2 aromatic rings. The number of aliphatic carboxylic acids is 1. The van der Waals surface area contributed by atoms with E-state index < -0.39 is 11.8 Å². The molecular formula is C12H12FN3O2. The number of anilines is 1. The van der Waals surface area contributed by atoms with Crippen LogP contribution in [-0.2, 0) is 4.79 Å². The number of hydrogen-bond donors (Lipinski definition) is 2. The number of carbonyl (C=O) groups is 1. The van der Waals surface area contributed by atoms with E-state index in [1.807, 2.05) is 0 Å². The molecule has 0 atom stereocenters. The standard InChI is InChI=1S/C12H12FN3O2/c13-8-6-10-12(16-7-8)9(3-5-15-10)14-4-1-2-11(17)18/h3,5-7H,1-2,4H2,(H,14,15)(H,17,18). The number of nitrogens with zero attached hydrogens (tertiary/aromatic N) is 2. The van der Waals surface area contributed by atoms with Gasteiger partial charge in [0, 0.05) is 25.2 Å². The Morgan fingerprint density at radius 1 is 1.44 bits per heavy atom. The molecule has 2 N–H and O–H groups in total. The SMILES string of the molecule is O=C(O)CCCNc1ccnc2cc(F)cnc12. The minimum absolute atomic E-state index is 0.109. The Morgan fingerprint density at radius 3 is 3.06 bits per heavy atom. The Bertz CT molecular complexity index is 574. The zero-order valence-electron chi connectivity index (χ0n) is 9.56. The summed E-state index contributed by atoms with van der Waals surface area (Å²) < 4.78 is 13.0. The number of halogens is 1. The molecule has 0 bridgehead atoms. The van der Waals surface area contributed by atoms with E-state index in [-0.39, 0.29) is 6.42 Å². The van der Waals surface area contributed by atoms with Gasteiger partial charge < -0.3 is 10.4 Å². The van der Waals surface area contributed by atoms with Crippen LogP contribution in [0.1, 0.15) is 12.8 Å². The molecule has 0 saturated carbocycles. The molecule has 0 unspecified atom stereocenters. The first kappa shape index (κ1) is 12.2. The Hall–Kier alpha value is -2.24. The summed E-state index contributed by atoms with van der Waals surface area (Å²) in [6.07, 6.45) is 3.31. The molecule has 18 heavy (non-hydrogen) atoms. The third kappa shape index (κ3) is 2.91. The minimum atomic E-state index is -0.823. The van der Waals surface area contributed by atoms with Crippen molar-refractivity contribution in [1.29, 1.82) is 0 Å². The number of nitrogens with one attached hydrogen (secondary N) is 1. The Labute approximate surface area is 103 Å². The third-order valence-corrected chi connectivity index (χ3v) is 2.43. The first-order chi connectivity index (χ1) is 8.66. The fourth-order valence-corrected chi connectivity index (χ4v) is 1.61. The van der Waals surface area contributed by atoms with Crippen molar-refractivity contribution in [3.63, 3.8) is 0 Å². The van der Waals surface area contributed by atoms with Gasteiger partial charge in [-0.05, 0) is 12.5 Å². The lowest BCUT2D eigenvalue weighted by Crippen LogP contribution is -2.05. The molecule has 2 aromatic heterocycles. The summed E-state index contributed by atoms with van der Waals surface area (Å²) in [7, 11) is 0. The maximum Gasteiger partial charge on any atom is 0.303 e. The second kappa shape index (κ2) is 5.39. The van der Waals surface area contributed by atoms with E-state index >= 15 is 0 Å².